The molecule has 23 heavy (non-hydrogen) atoms. The summed E-state index contributed by atoms with van der Waals surface area (Å²) in [6, 6.07) is 6.56. The van der Waals surface area contributed by atoms with E-state index in [9.17, 15) is 13.6 Å². The van der Waals surface area contributed by atoms with Gasteiger partial charge in [-0.25, -0.2) is 0 Å². The van der Waals surface area contributed by atoms with Crippen LogP contribution in [-0.2, 0) is 4.79 Å². The van der Waals surface area contributed by atoms with Gasteiger partial charge in [0.25, 0.3) is 5.76 Å². The maximum Gasteiger partial charge on any atom is 0.288 e. The molecule has 124 valence electrons. The van der Waals surface area contributed by atoms with Crippen LogP contribution in [0, 0.1) is 16.7 Å². The van der Waals surface area contributed by atoms with Crippen molar-refractivity contribution in [1.82, 2.24) is 0 Å². The van der Waals surface area contributed by atoms with Crippen LogP contribution in [0.4, 0.5) is 14.5 Å². The number of hydrogen-bond acceptors (Lipinski definition) is 2. The van der Waals surface area contributed by atoms with Gasteiger partial charge in [-0.2, -0.15) is 8.78 Å². The summed E-state index contributed by atoms with van der Waals surface area (Å²) >= 11 is 0.502. The number of rotatable bonds is 4. The van der Waals surface area contributed by atoms with Crippen molar-refractivity contribution in [3.8, 4) is 0 Å². The minimum absolute atomic E-state index is 0.00729. The summed E-state index contributed by atoms with van der Waals surface area (Å²) in [7, 11) is 0. The predicted octanol–water partition coefficient (Wildman–Crippen LogP) is 5.32. The lowest BCUT2D eigenvalue weighted by Gasteiger charge is -2.37. The molecular weight excluding hydrogens is 316 g/mol. The molecule has 2 aliphatic rings. The van der Waals surface area contributed by atoms with E-state index in [1.807, 2.05) is 0 Å². The first-order valence-electron chi connectivity index (χ1n) is 7.82. The van der Waals surface area contributed by atoms with Crippen molar-refractivity contribution in [2.45, 2.75) is 43.8 Å². The summed E-state index contributed by atoms with van der Waals surface area (Å²) in [4.78, 5) is 13.3. The third-order valence-corrected chi connectivity index (χ3v) is 6.39. The van der Waals surface area contributed by atoms with Gasteiger partial charge >= 0.3 is 0 Å². The summed E-state index contributed by atoms with van der Waals surface area (Å²) < 4.78 is 24.7. The lowest BCUT2D eigenvalue weighted by atomic mass is 9.68. The minimum Gasteiger partial charge on any atom is -0.325 e. The fourth-order valence-corrected chi connectivity index (χ4v) is 4.61. The van der Waals surface area contributed by atoms with Crippen molar-refractivity contribution in [2.75, 3.05) is 5.32 Å². The largest absolute Gasteiger partial charge is 0.325 e. The number of anilines is 1. The smallest absolute Gasteiger partial charge is 0.288 e. The fraction of sp³-hybridized carbons (Fsp3) is 0.500. The Kier molecular flexibility index (Phi) is 4.03. The molecule has 1 amide bonds. The molecule has 2 nitrogen and oxygen atoms in total. The van der Waals surface area contributed by atoms with E-state index in [2.05, 4.69) is 25.7 Å². The van der Waals surface area contributed by atoms with Crippen LogP contribution < -0.4 is 5.32 Å². The molecule has 0 saturated heterocycles. The molecule has 0 heterocycles. The van der Waals surface area contributed by atoms with Crippen LogP contribution in [0.25, 0.3) is 0 Å². The van der Waals surface area contributed by atoms with Gasteiger partial charge in [-0.1, -0.05) is 37.8 Å². The van der Waals surface area contributed by atoms with E-state index in [0.717, 1.165) is 24.8 Å². The van der Waals surface area contributed by atoms with Crippen molar-refractivity contribution in [3.05, 3.63) is 36.4 Å². The van der Waals surface area contributed by atoms with Gasteiger partial charge in [0.15, 0.2) is 0 Å². The molecule has 2 aliphatic carbocycles. The first-order chi connectivity index (χ1) is 10.8. The van der Waals surface area contributed by atoms with Gasteiger partial charge < -0.3 is 5.32 Å². The zero-order chi connectivity index (χ0) is 16.8. The Morgan fingerprint density at radius 2 is 2.00 bits per heavy atom. The van der Waals surface area contributed by atoms with Crippen molar-refractivity contribution in [1.29, 1.82) is 0 Å². The Hall–Kier alpha value is -1.36. The van der Waals surface area contributed by atoms with Crippen molar-refractivity contribution in [2.24, 2.45) is 16.7 Å². The number of carbonyl (C=O) groups excluding carboxylic acids is 1. The standard InChI is InChI=1S/C18H21F2NOS/c1-11-17(2,3)12-8-9-18(11,10-12)15(22)21-13-4-6-14(7-5-13)23-16(19)20/h4-7,12,16H,1,8-10H2,2-3H3,(H,21,22)/t12-,18+/m0/s1. The van der Waals surface area contributed by atoms with Crippen LogP contribution in [0.1, 0.15) is 33.1 Å². The highest BCUT2D eigenvalue weighted by Gasteiger charge is 2.60. The molecule has 2 atom stereocenters. The monoisotopic (exact) mass is 337 g/mol. The van der Waals surface area contributed by atoms with Gasteiger partial charge in [-0.05, 0) is 54.9 Å². The molecule has 0 aliphatic heterocycles. The highest BCUT2D eigenvalue weighted by Crippen LogP contribution is 2.65. The lowest BCUT2D eigenvalue weighted by Crippen LogP contribution is -2.37. The molecule has 0 radical (unpaired) electrons. The molecular formula is C18H21F2NOS. The van der Waals surface area contributed by atoms with E-state index in [4.69, 9.17) is 0 Å². The Morgan fingerprint density at radius 1 is 1.35 bits per heavy atom. The minimum atomic E-state index is -2.44. The molecule has 2 bridgehead atoms. The lowest BCUT2D eigenvalue weighted by molar-refractivity contribution is -0.123. The predicted molar refractivity (Wildman–Crippen MR) is 89.6 cm³/mol. The van der Waals surface area contributed by atoms with E-state index < -0.39 is 11.2 Å². The van der Waals surface area contributed by atoms with E-state index in [-0.39, 0.29) is 11.3 Å². The third kappa shape index (κ3) is 2.69. The molecule has 2 saturated carbocycles. The molecule has 3 rings (SSSR count). The fourth-order valence-electron chi connectivity index (χ4n) is 4.11. The summed E-state index contributed by atoms with van der Waals surface area (Å²) in [6.07, 6.45) is 2.78. The topological polar surface area (TPSA) is 29.1 Å². The van der Waals surface area contributed by atoms with E-state index in [1.54, 1.807) is 24.3 Å². The van der Waals surface area contributed by atoms with Crippen LogP contribution in [0.5, 0.6) is 0 Å². The zero-order valence-corrected chi connectivity index (χ0v) is 14.2. The third-order valence-electron chi connectivity index (χ3n) is 5.66. The average molecular weight is 337 g/mol. The number of carbonyl (C=O) groups is 1. The van der Waals surface area contributed by atoms with Crippen LogP contribution >= 0.6 is 11.8 Å². The average Bonchev–Trinajstić information content (AvgIpc) is 3.01. The van der Waals surface area contributed by atoms with Gasteiger partial charge in [-0.15, -0.1) is 0 Å². The van der Waals surface area contributed by atoms with E-state index in [1.165, 1.54) is 0 Å². The van der Waals surface area contributed by atoms with Crippen LogP contribution in [0.2, 0.25) is 0 Å². The number of amides is 1. The first kappa shape index (κ1) is 16.5. The van der Waals surface area contributed by atoms with Crippen LogP contribution in [0.3, 0.4) is 0 Å². The number of fused-ring (bicyclic) bond motifs is 2. The van der Waals surface area contributed by atoms with E-state index in [0.29, 0.717) is 28.3 Å². The molecule has 0 unspecified atom stereocenters. The Balaban J connectivity index is 1.74. The van der Waals surface area contributed by atoms with Gasteiger partial charge in [0, 0.05) is 10.6 Å². The second-order valence-electron chi connectivity index (χ2n) is 7.08. The molecule has 2 fully saturated rings. The Morgan fingerprint density at radius 3 is 2.52 bits per heavy atom. The summed E-state index contributed by atoms with van der Waals surface area (Å²) in [5.74, 6) is -1.93. The molecule has 1 N–H and O–H groups in total. The van der Waals surface area contributed by atoms with Gasteiger partial charge in [0.1, 0.15) is 0 Å². The number of alkyl halides is 2. The molecule has 0 spiro atoms. The van der Waals surface area contributed by atoms with E-state index >= 15 is 0 Å². The highest BCUT2D eigenvalue weighted by atomic mass is 32.2. The first-order valence-corrected chi connectivity index (χ1v) is 8.70. The maximum atomic E-state index is 12.9. The van der Waals surface area contributed by atoms with Crippen molar-refractivity contribution >= 4 is 23.4 Å². The van der Waals surface area contributed by atoms with Gasteiger partial charge in [-0.3, -0.25) is 4.79 Å². The zero-order valence-electron chi connectivity index (χ0n) is 13.4. The number of nitrogens with one attached hydrogen (secondary N) is 1. The van der Waals surface area contributed by atoms with Crippen molar-refractivity contribution < 1.29 is 13.6 Å². The Bertz CT molecular complexity index is 641. The second kappa shape index (κ2) is 5.62. The highest BCUT2D eigenvalue weighted by molar-refractivity contribution is 7.99. The van der Waals surface area contributed by atoms with Gasteiger partial charge in [0.2, 0.25) is 5.91 Å². The summed E-state index contributed by atoms with van der Waals surface area (Å²) in [6.45, 7) is 8.57. The quantitative estimate of drug-likeness (QED) is 0.595. The van der Waals surface area contributed by atoms with Gasteiger partial charge in [0.05, 0.1) is 5.41 Å². The number of thioether (sulfide) groups is 1. The molecule has 1 aromatic rings. The number of halogens is 2. The SMILES string of the molecule is C=C1C(C)(C)[C@H]2CC[C@@]1(C(=O)Nc1ccc(SC(F)F)cc1)C2. The van der Waals surface area contributed by atoms with Crippen LogP contribution in [0.15, 0.2) is 41.3 Å². The number of hydrogen-bond donors (Lipinski definition) is 1. The van der Waals surface area contributed by atoms with Crippen LogP contribution in [-0.4, -0.2) is 11.7 Å². The second-order valence-corrected chi connectivity index (χ2v) is 8.14. The Labute approximate surface area is 139 Å². The summed E-state index contributed by atoms with van der Waals surface area (Å²) in [5.41, 5.74) is 1.21. The molecule has 0 aromatic heterocycles. The number of benzene rings is 1. The normalized spacial score (nSPS) is 28.4. The molecule has 5 heteroatoms. The maximum absolute atomic E-state index is 12.9. The van der Waals surface area contributed by atoms with Crippen molar-refractivity contribution in [3.63, 3.8) is 0 Å². The summed E-state index contributed by atoms with van der Waals surface area (Å²) in [5, 5.41) is 2.95. The molecule has 1 aromatic carbocycles.